The summed E-state index contributed by atoms with van der Waals surface area (Å²) in [5.74, 6) is 0. The molecule has 3 heteroatoms. The van der Waals surface area contributed by atoms with E-state index in [4.69, 9.17) is 0 Å². The van der Waals surface area contributed by atoms with Crippen LogP contribution in [0.2, 0.25) is 0 Å². The van der Waals surface area contributed by atoms with E-state index in [-0.39, 0.29) is 17.0 Å². The normalized spacial score (nSPS) is 20.9. The molecule has 0 radical (unpaired) electrons. The molecular formula is C9H12BrNO. The average Bonchev–Trinajstić information content (AvgIpc) is 2.06. The first-order valence-corrected chi connectivity index (χ1v) is 3.87. The van der Waals surface area contributed by atoms with Crippen molar-refractivity contribution in [2.75, 3.05) is 6.54 Å². The number of benzene rings is 1. The standard InChI is InChI=1S/C9H11NO.BrH/c11-9-8-4-2-1-3-7(8)5-6-10-9;/h1-4,9-11H,5-6H2;1H. The Kier molecular flexibility index (Phi) is 3.26. The Morgan fingerprint density at radius 1 is 1.33 bits per heavy atom. The van der Waals surface area contributed by atoms with Crippen molar-refractivity contribution in [1.29, 1.82) is 0 Å². The molecule has 0 aromatic heterocycles. The zero-order chi connectivity index (χ0) is 7.68. The van der Waals surface area contributed by atoms with E-state index in [0.29, 0.717) is 0 Å². The molecule has 2 N–H and O–H groups in total. The Balaban J connectivity index is 0.000000720. The molecule has 1 atom stereocenters. The van der Waals surface area contributed by atoms with Crippen molar-refractivity contribution in [3.05, 3.63) is 35.4 Å². The number of hydrogen-bond acceptors (Lipinski definition) is 2. The molecule has 1 heterocycles. The first kappa shape index (κ1) is 9.71. The number of nitrogens with one attached hydrogen (secondary N) is 1. The maximum Gasteiger partial charge on any atom is 0.131 e. The predicted octanol–water partition coefficient (Wildman–Crippen LogP) is 1.40. The van der Waals surface area contributed by atoms with Gasteiger partial charge in [-0.2, -0.15) is 0 Å². The zero-order valence-corrected chi connectivity index (χ0v) is 8.37. The molecule has 1 unspecified atom stereocenters. The van der Waals surface area contributed by atoms with E-state index in [2.05, 4.69) is 11.4 Å². The van der Waals surface area contributed by atoms with E-state index >= 15 is 0 Å². The first-order valence-electron chi connectivity index (χ1n) is 3.87. The van der Waals surface area contributed by atoms with Crippen LogP contribution in [0, 0.1) is 0 Å². The van der Waals surface area contributed by atoms with Gasteiger partial charge < -0.3 is 5.11 Å². The summed E-state index contributed by atoms with van der Waals surface area (Å²) in [7, 11) is 0. The summed E-state index contributed by atoms with van der Waals surface area (Å²) < 4.78 is 0. The highest BCUT2D eigenvalue weighted by Crippen LogP contribution is 2.19. The van der Waals surface area contributed by atoms with Gasteiger partial charge in [0.15, 0.2) is 0 Å². The van der Waals surface area contributed by atoms with Crippen molar-refractivity contribution in [1.82, 2.24) is 5.32 Å². The second kappa shape index (κ2) is 4.03. The van der Waals surface area contributed by atoms with Gasteiger partial charge in [0.25, 0.3) is 0 Å². The molecule has 2 nitrogen and oxygen atoms in total. The molecule has 0 aliphatic carbocycles. The van der Waals surface area contributed by atoms with E-state index in [1.165, 1.54) is 5.56 Å². The van der Waals surface area contributed by atoms with Crippen molar-refractivity contribution in [3.8, 4) is 0 Å². The van der Waals surface area contributed by atoms with Crippen LogP contribution in [0.3, 0.4) is 0 Å². The van der Waals surface area contributed by atoms with Crippen molar-refractivity contribution in [2.24, 2.45) is 0 Å². The summed E-state index contributed by atoms with van der Waals surface area (Å²) in [5, 5.41) is 12.4. The summed E-state index contributed by atoms with van der Waals surface area (Å²) in [6, 6.07) is 8.00. The fourth-order valence-corrected chi connectivity index (χ4v) is 1.48. The quantitative estimate of drug-likeness (QED) is 0.706. The summed E-state index contributed by atoms with van der Waals surface area (Å²) in [5.41, 5.74) is 2.29. The number of fused-ring (bicyclic) bond motifs is 1. The number of halogens is 1. The molecule has 0 fully saturated rings. The molecule has 1 aromatic rings. The van der Waals surface area contributed by atoms with Crippen molar-refractivity contribution in [3.63, 3.8) is 0 Å². The van der Waals surface area contributed by atoms with E-state index < -0.39 is 6.23 Å². The Morgan fingerprint density at radius 2 is 2.08 bits per heavy atom. The molecule has 0 spiro atoms. The smallest absolute Gasteiger partial charge is 0.131 e. The largest absolute Gasteiger partial charge is 0.374 e. The lowest BCUT2D eigenvalue weighted by atomic mass is 10.0. The van der Waals surface area contributed by atoms with E-state index in [1.54, 1.807) is 0 Å². The van der Waals surface area contributed by atoms with Crippen LogP contribution in [-0.4, -0.2) is 11.7 Å². The molecule has 1 aromatic carbocycles. The third kappa shape index (κ3) is 1.68. The SMILES string of the molecule is Br.OC1NCCc2ccccc21. The summed E-state index contributed by atoms with van der Waals surface area (Å²) in [6.07, 6.45) is 0.563. The summed E-state index contributed by atoms with van der Waals surface area (Å²) in [6.45, 7) is 0.873. The Bertz CT molecular complexity index is 264. The highest BCUT2D eigenvalue weighted by molar-refractivity contribution is 8.93. The molecule has 0 amide bonds. The molecular weight excluding hydrogens is 218 g/mol. The Hall–Kier alpha value is -0.380. The van der Waals surface area contributed by atoms with Crippen molar-refractivity contribution >= 4 is 17.0 Å². The van der Waals surface area contributed by atoms with Gasteiger partial charge in [0.2, 0.25) is 0 Å². The maximum absolute atomic E-state index is 9.45. The highest BCUT2D eigenvalue weighted by atomic mass is 79.9. The maximum atomic E-state index is 9.45. The summed E-state index contributed by atoms with van der Waals surface area (Å²) in [4.78, 5) is 0. The fraction of sp³-hybridized carbons (Fsp3) is 0.333. The van der Waals surface area contributed by atoms with Gasteiger partial charge >= 0.3 is 0 Å². The minimum Gasteiger partial charge on any atom is -0.374 e. The third-order valence-corrected chi connectivity index (χ3v) is 2.08. The molecule has 2 rings (SSSR count). The van der Waals surface area contributed by atoms with Crippen LogP contribution in [0.5, 0.6) is 0 Å². The van der Waals surface area contributed by atoms with Gasteiger partial charge in [0, 0.05) is 6.54 Å². The monoisotopic (exact) mass is 229 g/mol. The lowest BCUT2D eigenvalue weighted by Gasteiger charge is -2.22. The lowest BCUT2D eigenvalue weighted by molar-refractivity contribution is 0.132. The molecule has 1 aliphatic heterocycles. The minimum atomic E-state index is -0.458. The van der Waals surface area contributed by atoms with E-state index in [9.17, 15) is 5.11 Å². The predicted molar refractivity (Wildman–Crippen MR) is 53.4 cm³/mol. The van der Waals surface area contributed by atoms with Gasteiger partial charge in [0.1, 0.15) is 6.23 Å². The first-order chi connectivity index (χ1) is 5.38. The lowest BCUT2D eigenvalue weighted by Crippen LogP contribution is -2.29. The van der Waals surface area contributed by atoms with Gasteiger partial charge in [-0.15, -0.1) is 17.0 Å². The van der Waals surface area contributed by atoms with Gasteiger partial charge in [-0.05, 0) is 17.5 Å². The second-order valence-corrected chi connectivity index (χ2v) is 2.81. The Morgan fingerprint density at radius 3 is 2.83 bits per heavy atom. The molecule has 12 heavy (non-hydrogen) atoms. The molecule has 66 valence electrons. The van der Waals surface area contributed by atoms with Crippen LogP contribution in [0.4, 0.5) is 0 Å². The van der Waals surface area contributed by atoms with Crippen LogP contribution in [0.25, 0.3) is 0 Å². The average molecular weight is 230 g/mol. The zero-order valence-electron chi connectivity index (χ0n) is 6.66. The van der Waals surface area contributed by atoms with E-state index in [0.717, 1.165) is 18.5 Å². The highest BCUT2D eigenvalue weighted by Gasteiger charge is 2.15. The molecule has 1 aliphatic rings. The number of rotatable bonds is 0. The van der Waals surface area contributed by atoms with Crippen molar-refractivity contribution < 1.29 is 5.11 Å². The number of hydrogen-bond donors (Lipinski definition) is 2. The van der Waals surface area contributed by atoms with Gasteiger partial charge in [0.05, 0.1) is 0 Å². The Labute approximate surface area is 82.4 Å². The number of aliphatic hydroxyl groups is 1. The molecule has 0 bridgehead atoms. The van der Waals surface area contributed by atoms with Gasteiger partial charge in [-0.1, -0.05) is 24.3 Å². The minimum absolute atomic E-state index is 0. The van der Waals surface area contributed by atoms with Crippen LogP contribution >= 0.6 is 17.0 Å². The van der Waals surface area contributed by atoms with Crippen LogP contribution in [0.15, 0.2) is 24.3 Å². The molecule has 0 saturated heterocycles. The summed E-state index contributed by atoms with van der Waals surface area (Å²) >= 11 is 0. The second-order valence-electron chi connectivity index (χ2n) is 2.81. The topological polar surface area (TPSA) is 32.3 Å². The molecule has 0 saturated carbocycles. The fourth-order valence-electron chi connectivity index (χ4n) is 1.48. The van der Waals surface area contributed by atoms with E-state index in [1.807, 2.05) is 18.2 Å². The third-order valence-electron chi connectivity index (χ3n) is 2.08. The van der Waals surface area contributed by atoms with Crippen LogP contribution in [0.1, 0.15) is 17.4 Å². The number of aliphatic hydroxyl groups excluding tert-OH is 1. The van der Waals surface area contributed by atoms with Crippen molar-refractivity contribution in [2.45, 2.75) is 12.6 Å². The van der Waals surface area contributed by atoms with Crippen LogP contribution < -0.4 is 5.32 Å². The van der Waals surface area contributed by atoms with Crippen LogP contribution in [-0.2, 0) is 6.42 Å². The van der Waals surface area contributed by atoms with Gasteiger partial charge in [-0.3, -0.25) is 5.32 Å². The van der Waals surface area contributed by atoms with Gasteiger partial charge in [-0.25, -0.2) is 0 Å².